The molecule has 0 saturated heterocycles. The van der Waals surface area contributed by atoms with Crippen molar-refractivity contribution in [2.45, 2.75) is 19.4 Å². The smallest absolute Gasteiger partial charge is 0.404 e. The van der Waals surface area contributed by atoms with Gasteiger partial charge in [0, 0.05) is 6.61 Å². The summed E-state index contributed by atoms with van der Waals surface area (Å²) < 4.78 is 9.74. The average molecular weight is 177 g/mol. The van der Waals surface area contributed by atoms with Gasteiger partial charge < -0.3 is 14.9 Å². The van der Waals surface area contributed by atoms with Gasteiger partial charge in [-0.3, -0.25) is 0 Å². The van der Waals surface area contributed by atoms with E-state index in [2.05, 4.69) is 4.74 Å². The molecule has 66 valence electrons. The number of primary amides is 1. The highest BCUT2D eigenvalue weighted by Crippen LogP contribution is 1.90. The van der Waals surface area contributed by atoms with Crippen molar-refractivity contribution < 1.29 is 14.0 Å². The van der Waals surface area contributed by atoms with Crippen molar-refractivity contribution in [1.29, 1.82) is 0 Å². The van der Waals surface area contributed by atoms with E-state index in [1.807, 2.05) is 6.92 Å². The molecular formula is C6H15NO3Si. The maximum atomic E-state index is 10.1. The van der Waals surface area contributed by atoms with Gasteiger partial charge in [0.2, 0.25) is 0 Å². The second-order valence-corrected chi connectivity index (χ2v) is 3.60. The molecule has 0 fully saturated rings. The van der Waals surface area contributed by atoms with E-state index >= 15 is 0 Å². The Bertz CT molecular complexity index is 110. The normalized spacial score (nSPS) is 10.6. The number of rotatable bonds is 6. The third-order valence-electron chi connectivity index (χ3n) is 1.13. The molecule has 0 heterocycles. The van der Waals surface area contributed by atoms with Crippen LogP contribution in [0, 0.1) is 0 Å². The third kappa shape index (κ3) is 9.45. The van der Waals surface area contributed by atoms with Gasteiger partial charge in [0.15, 0.2) is 9.76 Å². The third-order valence-corrected chi connectivity index (χ3v) is 2.62. The lowest BCUT2D eigenvalue weighted by atomic mass is 10.5. The lowest BCUT2D eigenvalue weighted by Crippen LogP contribution is -2.14. The summed E-state index contributed by atoms with van der Waals surface area (Å²) in [6, 6.07) is 1.04. The van der Waals surface area contributed by atoms with E-state index in [0.29, 0.717) is 6.61 Å². The number of carbonyl (C=O) groups excluding carboxylic acids is 1. The Hall–Kier alpha value is -0.553. The van der Waals surface area contributed by atoms with Crippen molar-refractivity contribution in [2.24, 2.45) is 5.73 Å². The zero-order valence-corrected chi connectivity index (χ0v) is 8.25. The van der Waals surface area contributed by atoms with Gasteiger partial charge in [-0.1, -0.05) is 0 Å². The minimum absolute atomic E-state index is 0.366. The second kappa shape index (κ2) is 7.55. The van der Waals surface area contributed by atoms with E-state index < -0.39 is 6.09 Å². The first-order chi connectivity index (χ1) is 5.27. The largest absolute Gasteiger partial charge is 0.450 e. The standard InChI is InChI=1S/C6H15NO3Si/c1-2-10-11-5-3-4-9-6(7)8/h2-5,11H2,1H3,(H2,7,8). The Balaban J connectivity index is 2.85. The first kappa shape index (κ1) is 10.4. The highest BCUT2D eigenvalue weighted by atomic mass is 28.2. The minimum Gasteiger partial charge on any atom is -0.450 e. The van der Waals surface area contributed by atoms with E-state index in [9.17, 15) is 4.79 Å². The lowest BCUT2D eigenvalue weighted by molar-refractivity contribution is 0.156. The van der Waals surface area contributed by atoms with Crippen LogP contribution in [0.5, 0.6) is 0 Å². The van der Waals surface area contributed by atoms with Crippen LogP contribution in [-0.2, 0) is 9.16 Å². The summed E-state index contributed by atoms with van der Waals surface area (Å²) in [5, 5.41) is 0. The van der Waals surface area contributed by atoms with Crippen LogP contribution in [0.25, 0.3) is 0 Å². The molecule has 0 saturated carbocycles. The highest BCUT2D eigenvalue weighted by molar-refractivity contribution is 6.26. The summed E-state index contributed by atoms with van der Waals surface area (Å²) in [5.74, 6) is 0. The molecule has 0 radical (unpaired) electrons. The Labute approximate surface area is 69.0 Å². The van der Waals surface area contributed by atoms with Gasteiger partial charge in [0.05, 0.1) is 6.61 Å². The fourth-order valence-electron chi connectivity index (χ4n) is 0.623. The van der Waals surface area contributed by atoms with Gasteiger partial charge in [0.25, 0.3) is 0 Å². The fourth-order valence-corrected chi connectivity index (χ4v) is 1.52. The van der Waals surface area contributed by atoms with Gasteiger partial charge >= 0.3 is 6.09 Å². The van der Waals surface area contributed by atoms with Gasteiger partial charge in [-0.25, -0.2) is 4.79 Å². The molecule has 0 unspecified atom stereocenters. The van der Waals surface area contributed by atoms with Crippen molar-refractivity contribution in [3.63, 3.8) is 0 Å². The summed E-state index contributed by atoms with van der Waals surface area (Å²) in [5.41, 5.74) is 4.75. The molecular weight excluding hydrogens is 162 g/mol. The van der Waals surface area contributed by atoms with Gasteiger partial charge in [-0.05, 0) is 19.4 Å². The van der Waals surface area contributed by atoms with Crippen molar-refractivity contribution in [3.05, 3.63) is 0 Å². The molecule has 0 rings (SSSR count). The molecule has 0 aliphatic carbocycles. The van der Waals surface area contributed by atoms with E-state index in [-0.39, 0.29) is 9.76 Å². The number of hydrogen-bond donors (Lipinski definition) is 1. The number of amides is 1. The Kier molecular flexibility index (Phi) is 7.17. The monoisotopic (exact) mass is 177 g/mol. The van der Waals surface area contributed by atoms with Crippen molar-refractivity contribution in [2.75, 3.05) is 13.2 Å². The Morgan fingerprint density at radius 1 is 1.64 bits per heavy atom. The predicted octanol–water partition coefficient (Wildman–Crippen LogP) is 0.0104. The molecule has 0 aromatic rings. The SMILES string of the molecule is CCO[SiH2]CCCOC(N)=O. The predicted molar refractivity (Wildman–Crippen MR) is 45.1 cm³/mol. The van der Waals surface area contributed by atoms with Crippen LogP contribution < -0.4 is 5.73 Å². The van der Waals surface area contributed by atoms with Crippen molar-refractivity contribution in [1.82, 2.24) is 0 Å². The van der Waals surface area contributed by atoms with Crippen LogP contribution in [0.1, 0.15) is 13.3 Å². The second-order valence-electron chi connectivity index (χ2n) is 2.07. The number of hydrogen-bond acceptors (Lipinski definition) is 3. The zero-order valence-electron chi connectivity index (χ0n) is 6.84. The Morgan fingerprint density at radius 3 is 2.91 bits per heavy atom. The number of carbonyl (C=O) groups is 1. The quantitative estimate of drug-likeness (QED) is 0.459. The summed E-state index contributed by atoms with van der Waals surface area (Å²) in [7, 11) is -0.366. The first-order valence-corrected chi connectivity index (χ1v) is 5.35. The summed E-state index contributed by atoms with van der Waals surface area (Å²) in [6.07, 6.45) is 0.179. The van der Waals surface area contributed by atoms with Crippen LogP contribution in [0.2, 0.25) is 6.04 Å². The summed E-state index contributed by atoms with van der Waals surface area (Å²) in [6.45, 7) is 3.20. The molecule has 5 heteroatoms. The van der Waals surface area contributed by atoms with Crippen LogP contribution in [-0.4, -0.2) is 29.1 Å². The molecule has 0 aromatic heterocycles. The van der Waals surface area contributed by atoms with Crippen LogP contribution in [0.15, 0.2) is 0 Å². The molecule has 2 N–H and O–H groups in total. The highest BCUT2D eigenvalue weighted by Gasteiger charge is 1.93. The summed E-state index contributed by atoms with van der Waals surface area (Å²) >= 11 is 0. The van der Waals surface area contributed by atoms with Gasteiger partial charge in [-0.2, -0.15) is 0 Å². The van der Waals surface area contributed by atoms with E-state index in [0.717, 1.165) is 19.1 Å². The van der Waals surface area contributed by atoms with Crippen LogP contribution in [0.3, 0.4) is 0 Å². The first-order valence-electron chi connectivity index (χ1n) is 3.77. The molecule has 0 atom stereocenters. The minimum atomic E-state index is -0.692. The van der Waals surface area contributed by atoms with Crippen molar-refractivity contribution in [3.8, 4) is 0 Å². The molecule has 0 bridgehead atoms. The maximum absolute atomic E-state index is 10.1. The van der Waals surface area contributed by atoms with Crippen LogP contribution >= 0.6 is 0 Å². The molecule has 0 spiro atoms. The zero-order chi connectivity index (χ0) is 8.53. The summed E-state index contributed by atoms with van der Waals surface area (Å²) in [4.78, 5) is 10.1. The van der Waals surface area contributed by atoms with Crippen molar-refractivity contribution >= 4 is 15.9 Å². The molecule has 1 amide bonds. The molecule has 4 nitrogen and oxygen atoms in total. The topological polar surface area (TPSA) is 61.6 Å². The van der Waals surface area contributed by atoms with Gasteiger partial charge in [0.1, 0.15) is 0 Å². The average Bonchev–Trinajstić information content (AvgIpc) is 1.96. The van der Waals surface area contributed by atoms with Crippen LogP contribution in [0.4, 0.5) is 4.79 Å². The lowest BCUT2D eigenvalue weighted by Gasteiger charge is -2.00. The van der Waals surface area contributed by atoms with E-state index in [1.54, 1.807) is 0 Å². The maximum Gasteiger partial charge on any atom is 0.404 e. The van der Waals surface area contributed by atoms with Gasteiger partial charge in [-0.15, -0.1) is 0 Å². The number of ether oxygens (including phenoxy) is 1. The molecule has 0 aromatic carbocycles. The van der Waals surface area contributed by atoms with E-state index in [1.165, 1.54) is 0 Å². The van der Waals surface area contributed by atoms with E-state index in [4.69, 9.17) is 10.2 Å². The Morgan fingerprint density at radius 2 is 2.36 bits per heavy atom. The molecule has 11 heavy (non-hydrogen) atoms. The molecule has 0 aliphatic rings. The molecule has 0 aliphatic heterocycles. The fraction of sp³-hybridized carbons (Fsp3) is 0.833. The number of nitrogens with two attached hydrogens (primary N) is 1.